The van der Waals surface area contributed by atoms with Gasteiger partial charge in [0.1, 0.15) is 0 Å². The van der Waals surface area contributed by atoms with Crippen molar-refractivity contribution < 1.29 is 20.1 Å². The van der Waals surface area contributed by atoms with E-state index < -0.39 is 0 Å². The molecule has 2 aromatic heterocycles. The molecule has 2 nitrogen and oxygen atoms in total. The Kier molecular flexibility index (Phi) is 11.1. The summed E-state index contributed by atoms with van der Waals surface area (Å²) in [7, 11) is 0. The van der Waals surface area contributed by atoms with Gasteiger partial charge >= 0.3 is 0 Å². The molecule has 41 heavy (non-hydrogen) atoms. The SMILES string of the molecule is Cc1[c-]c(-c2nc(C)c(C)c(C)c2C)c(C)c(C)c1C.Cc1[c-]c(-c2nc(C)c(C)c(C)c2C)c(C)c(C)c1C.[Ir]. The molecule has 0 aliphatic heterocycles. The molecule has 1 radical (unpaired) electrons. The first-order valence-electron chi connectivity index (χ1n) is 14.4. The van der Waals surface area contributed by atoms with Crippen molar-refractivity contribution in [1.82, 2.24) is 9.97 Å². The van der Waals surface area contributed by atoms with Gasteiger partial charge in [-0.2, -0.15) is 0 Å². The van der Waals surface area contributed by atoms with Crippen LogP contribution < -0.4 is 0 Å². The van der Waals surface area contributed by atoms with Crippen LogP contribution in [0.4, 0.5) is 0 Å². The average molecular weight is 725 g/mol. The largest absolute Gasteiger partial charge is 0.301 e. The molecule has 221 valence electrons. The number of aryl methyl sites for hydroxylation is 4. The maximum atomic E-state index is 4.84. The van der Waals surface area contributed by atoms with Crippen LogP contribution in [-0.2, 0) is 20.1 Å². The molecule has 0 saturated carbocycles. The van der Waals surface area contributed by atoms with Crippen LogP contribution in [0, 0.1) is 123 Å². The second-order valence-electron chi connectivity index (χ2n) is 11.8. The molecule has 0 bridgehead atoms. The maximum Gasteiger partial charge on any atom is 0.0298 e. The van der Waals surface area contributed by atoms with E-state index in [9.17, 15) is 0 Å². The molecule has 0 amide bonds. The molecule has 3 heteroatoms. The second-order valence-corrected chi connectivity index (χ2v) is 11.8. The summed E-state index contributed by atoms with van der Waals surface area (Å²) in [5.74, 6) is 0. The Morgan fingerprint density at radius 3 is 0.878 bits per heavy atom. The standard InChI is InChI=1S/2C19H24N.Ir/c2*1-10-9-18(15(6)12(3)11(10)2)19-16(7)13(4)14(5)17(8)20-19;/h2*1-8H3;/q2*-1;. The zero-order valence-corrected chi connectivity index (χ0v) is 30.6. The molecule has 4 rings (SSSR count). The van der Waals surface area contributed by atoms with Crippen molar-refractivity contribution in [3.63, 3.8) is 0 Å². The first-order valence-corrected chi connectivity index (χ1v) is 14.4. The van der Waals surface area contributed by atoms with Gasteiger partial charge in [0.25, 0.3) is 0 Å². The van der Waals surface area contributed by atoms with Crippen LogP contribution in [0.3, 0.4) is 0 Å². The predicted molar refractivity (Wildman–Crippen MR) is 173 cm³/mol. The second kappa shape index (κ2) is 13.1. The molecule has 4 aromatic rings. The Labute approximate surface area is 263 Å². The van der Waals surface area contributed by atoms with Crippen LogP contribution in [-0.4, -0.2) is 9.97 Å². The van der Waals surface area contributed by atoms with Gasteiger partial charge in [0, 0.05) is 31.5 Å². The minimum atomic E-state index is 0. The zero-order chi connectivity index (χ0) is 30.4. The molecule has 0 fully saturated rings. The van der Waals surface area contributed by atoms with E-state index in [0.717, 1.165) is 33.9 Å². The Hall–Kier alpha value is -2.61. The first kappa shape index (κ1) is 34.6. The van der Waals surface area contributed by atoms with Crippen molar-refractivity contribution in [3.05, 3.63) is 101 Å². The number of benzene rings is 2. The van der Waals surface area contributed by atoms with E-state index in [0.29, 0.717) is 0 Å². The van der Waals surface area contributed by atoms with E-state index in [1.54, 1.807) is 0 Å². The molecule has 0 aliphatic carbocycles. The summed E-state index contributed by atoms with van der Waals surface area (Å²) in [5, 5.41) is 0. The van der Waals surface area contributed by atoms with Gasteiger partial charge in [-0.15, -0.1) is 67.8 Å². The third-order valence-corrected chi connectivity index (χ3v) is 9.83. The minimum Gasteiger partial charge on any atom is -0.301 e. The minimum absolute atomic E-state index is 0. The van der Waals surface area contributed by atoms with Gasteiger partial charge in [-0.3, -0.25) is 0 Å². The van der Waals surface area contributed by atoms with E-state index in [1.165, 1.54) is 77.9 Å². The fourth-order valence-electron chi connectivity index (χ4n) is 5.34. The monoisotopic (exact) mass is 725 g/mol. The molecule has 0 spiro atoms. The third kappa shape index (κ3) is 6.42. The summed E-state index contributed by atoms with van der Waals surface area (Å²) in [6, 6.07) is 7.11. The van der Waals surface area contributed by atoms with Crippen LogP contribution in [0.25, 0.3) is 22.5 Å². The number of rotatable bonds is 2. The topological polar surface area (TPSA) is 25.8 Å². The van der Waals surface area contributed by atoms with Crippen molar-refractivity contribution in [2.75, 3.05) is 0 Å². The van der Waals surface area contributed by atoms with Crippen molar-refractivity contribution >= 4 is 0 Å². The molecule has 2 heterocycles. The van der Waals surface area contributed by atoms with Crippen molar-refractivity contribution in [1.29, 1.82) is 0 Å². The number of aromatic nitrogens is 2. The quantitative estimate of drug-likeness (QED) is 0.193. The van der Waals surface area contributed by atoms with Gasteiger partial charge in [0.2, 0.25) is 0 Å². The van der Waals surface area contributed by atoms with E-state index in [2.05, 4.69) is 123 Å². The predicted octanol–water partition coefficient (Wildman–Crippen LogP) is 10.0. The average Bonchev–Trinajstić information content (AvgIpc) is 2.92. The van der Waals surface area contributed by atoms with Crippen molar-refractivity contribution in [2.45, 2.75) is 111 Å². The Bertz CT molecular complexity index is 1390. The molecular formula is C38H48IrN2-2. The van der Waals surface area contributed by atoms with Crippen LogP contribution in [0.15, 0.2) is 0 Å². The zero-order valence-electron chi connectivity index (χ0n) is 28.2. The van der Waals surface area contributed by atoms with Gasteiger partial charge < -0.3 is 9.97 Å². The molecule has 2 aromatic carbocycles. The van der Waals surface area contributed by atoms with Crippen molar-refractivity contribution in [2.24, 2.45) is 0 Å². The van der Waals surface area contributed by atoms with Gasteiger partial charge in [-0.1, -0.05) is 77.6 Å². The van der Waals surface area contributed by atoms with E-state index in [1.807, 2.05) is 0 Å². The molecule has 0 atom stereocenters. The van der Waals surface area contributed by atoms with Crippen LogP contribution in [0.1, 0.15) is 89.3 Å². The van der Waals surface area contributed by atoms with E-state index >= 15 is 0 Å². The number of pyridine rings is 2. The summed E-state index contributed by atoms with van der Waals surface area (Å²) in [4.78, 5) is 9.69. The van der Waals surface area contributed by atoms with Crippen LogP contribution >= 0.6 is 0 Å². The summed E-state index contributed by atoms with van der Waals surface area (Å²) < 4.78 is 0. The fraction of sp³-hybridized carbons (Fsp3) is 0.421. The van der Waals surface area contributed by atoms with Gasteiger partial charge in [0.15, 0.2) is 0 Å². The molecule has 0 unspecified atom stereocenters. The Balaban J connectivity index is 0.000000280. The first-order chi connectivity index (χ1) is 18.5. The van der Waals surface area contributed by atoms with Crippen molar-refractivity contribution in [3.8, 4) is 22.5 Å². The molecule has 0 saturated heterocycles. The van der Waals surface area contributed by atoms with Gasteiger partial charge in [-0.05, 0) is 77.9 Å². The summed E-state index contributed by atoms with van der Waals surface area (Å²) >= 11 is 0. The number of hydrogen-bond acceptors (Lipinski definition) is 2. The Morgan fingerprint density at radius 1 is 0.317 bits per heavy atom. The van der Waals surface area contributed by atoms with Gasteiger partial charge in [-0.25, -0.2) is 0 Å². The van der Waals surface area contributed by atoms with Gasteiger partial charge in [0.05, 0.1) is 0 Å². The third-order valence-electron chi connectivity index (χ3n) is 9.83. The summed E-state index contributed by atoms with van der Waals surface area (Å²) in [6.07, 6.45) is 0. The molecule has 0 N–H and O–H groups in total. The summed E-state index contributed by atoms with van der Waals surface area (Å²) in [6.45, 7) is 34.5. The molecule has 0 aliphatic rings. The number of hydrogen-bond donors (Lipinski definition) is 0. The fourth-order valence-corrected chi connectivity index (χ4v) is 5.34. The van der Waals surface area contributed by atoms with E-state index in [4.69, 9.17) is 9.97 Å². The van der Waals surface area contributed by atoms with E-state index in [-0.39, 0.29) is 20.1 Å². The number of nitrogens with zero attached hydrogens (tertiary/aromatic N) is 2. The summed E-state index contributed by atoms with van der Waals surface area (Å²) in [5.41, 5.74) is 25.0. The maximum absolute atomic E-state index is 4.84. The smallest absolute Gasteiger partial charge is 0.0298 e. The molecular weight excluding hydrogens is 677 g/mol. The van der Waals surface area contributed by atoms with Crippen LogP contribution in [0.5, 0.6) is 0 Å². The Morgan fingerprint density at radius 2 is 0.585 bits per heavy atom. The van der Waals surface area contributed by atoms with Crippen LogP contribution in [0.2, 0.25) is 0 Å². The normalized spacial score (nSPS) is 10.7.